The Morgan fingerprint density at radius 3 is 2.79 bits per heavy atom. The molecule has 0 spiro atoms. The van der Waals surface area contributed by atoms with Crippen molar-refractivity contribution >= 4 is 67.1 Å². The molecule has 0 radical (unpaired) electrons. The van der Waals surface area contributed by atoms with Crippen molar-refractivity contribution in [2.45, 2.75) is 0 Å². The van der Waals surface area contributed by atoms with Gasteiger partial charge in [-0.25, -0.2) is 9.98 Å². The van der Waals surface area contributed by atoms with Gasteiger partial charge in [0.2, 0.25) is 10.6 Å². The summed E-state index contributed by atoms with van der Waals surface area (Å²) >= 11 is 13.3. The fraction of sp³-hybridized carbons (Fsp3) is 0. The molecule has 4 rings (SSSR count). The van der Waals surface area contributed by atoms with Gasteiger partial charge in [0.25, 0.3) is 0 Å². The number of hydrogen-bond acceptors (Lipinski definition) is 5. The Morgan fingerprint density at radius 1 is 1.12 bits per heavy atom. The molecule has 2 heterocycles. The molecular formula is C17H8Cl2N2O2S. The molecule has 0 N–H and O–H groups in total. The molecule has 0 bridgehead atoms. The van der Waals surface area contributed by atoms with E-state index >= 15 is 0 Å². The predicted octanol–water partition coefficient (Wildman–Crippen LogP) is 5.46. The molecule has 0 saturated carbocycles. The summed E-state index contributed by atoms with van der Waals surface area (Å²) in [7, 11) is 0. The first-order valence-corrected chi connectivity index (χ1v) is 8.49. The molecule has 2 aromatic heterocycles. The lowest BCUT2D eigenvalue weighted by Crippen LogP contribution is -2.07. The van der Waals surface area contributed by atoms with Gasteiger partial charge < -0.3 is 4.42 Å². The van der Waals surface area contributed by atoms with Crippen LogP contribution in [0, 0.1) is 0 Å². The number of thiazole rings is 1. The first kappa shape index (κ1) is 15.3. The molecule has 4 nitrogen and oxygen atoms in total. The van der Waals surface area contributed by atoms with Crippen molar-refractivity contribution in [2.24, 2.45) is 4.99 Å². The normalized spacial score (nSPS) is 11.8. The smallest absolute Gasteiger partial charge is 0.210 e. The molecular weight excluding hydrogens is 367 g/mol. The van der Waals surface area contributed by atoms with Crippen molar-refractivity contribution in [3.05, 3.63) is 68.5 Å². The first-order valence-electron chi connectivity index (χ1n) is 6.91. The number of fused-ring (bicyclic) bond motifs is 2. The third kappa shape index (κ3) is 2.82. The summed E-state index contributed by atoms with van der Waals surface area (Å²) < 4.78 is 6.39. The molecule has 0 amide bonds. The highest BCUT2D eigenvalue weighted by atomic mass is 35.5. The monoisotopic (exact) mass is 374 g/mol. The molecule has 4 aromatic rings. The van der Waals surface area contributed by atoms with Crippen LogP contribution in [0.3, 0.4) is 0 Å². The number of hydrogen-bond donors (Lipinski definition) is 0. The first-order chi connectivity index (χ1) is 11.6. The van der Waals surface area contributed by atoms with Crippen molar-refractivity contribution in [1.29, 1.82) is 0 Å². The molecule has 0 aliphatic rings. The van der Waals surface area contributed by atoms with E-state index in [4.69, 9.17) is 27.6 Å². The Bertz CT molecular complexity index is 1160. The quantitative estimate of drug-likeness (QED) is 0.437. The van der Waals surface area contributed by atoms with Crippen LogP contribution in [0.25, 0.3) is 21.2 Å². The van der Waals surface area contributed by atoms with Crippen LogP contribution in [0.15, 0.2) is 56.9 Å². The van der Waals surface area contributed by atoms with Gasteiger partial charge >= 0.3 is 0 Å². The fourth-order valence-corrected chi connectivity index (χ4v) is 3.53. The Morgan fingerprint density at radius 2 is 1.92 bits per heavy atom. The van der Waals surface area contributed by atoms with E-state index in [0.717, 1.165) is 10.2 Å². The highest BCUT2D eigenvalue weighted by Crippen LogP contribution is 2.29. The summed E-state index contributed by atoms with van der Waals surface area (Å²) in [5, 5.41) is 2.08. The van der Waals surface area contributed by atoms with Gasteiger partial charge in [0.1, 0.15) is 11.8 Å². The van der Waals surface area contributed by atoms with Gasteiger partial charge in [0.05, 0.1) is 21.2 Å². The standard InChI is InChI=1S/C17H8Cl2N2O2S/c18-10-2-4-14-12(5-10)16(22)9(8-23-14)7-20-17-21-13-3-1-11(19)6-15(13)24-17/h1-8H/b20-7+. The lowest BCUT2D eigenvalue weighted by atomic mass is 10.2. The Labute approximate surface area is 150 Å². The molecule has 7 heteroatoms. The topological polar surface area (TPSA) is 55.5 Å². The second-order valence-electron chi connectivity index (χ2n) is 5.03. The zero-order chi connectivity index (χ0) is 16.7. The molecule has 118 valence electrons. The molecule has 0 aliphatic heterocycles. The van der Waals surface area contributed by atoms with Crippen molar-refractivity contribution < 1.29 is 4.42 Å². The summed E-state index contributed by atoms with van der Waals surface area (Å²) in [6.45, 7) is 0. The van der Waals surface area contributed by atoms with E-state index in [1.54, 1.807) is 24.3 Å². The lowest BCUT2D eigenvalue weighted by Gasteiger charge is -1.98. The molecule has 0 aliphatic carbocycles. The maximum Gasteiger partial charge on any atom is 0.210 e. The highest BCUT2D eigenvalue weighted by molar-refractivity contribution is 7.22. The van der Waals surface area contributed by atoms with Crippen LogP contribution in [0.5, 0.6) is 0 Å². The van der Waals surface area contributed by atoms with Gasteiger partial charge in [-0.3, -0.25) is 4.79 Å². The van der Waals surface area contributed by atoms with Gasteiger partial charge in [-0.15, -0.1) is 0 Å². The molecule has 0 atom stereocenters. The maximum atomic E-state index is 12.5. The van der Waals surface area contributed by atoms with E-state index in [-0.39, 0.29) is 5.43 Å². The average molecular weight is 375 g/mol. The molecule has 2 aromatic carbocycles. The van der Waals surface area contributed by atoms with Gasteiger partial charge in [-0.2, -0.15) is 0 Å². The molecule has 24 heavy (non-hydrogen) atoms. The maximum absolute atomic E-state index is 12.5. The van der Waals surface area contributed by atoms with Crippen LogP contribution in [-0.4, -0.2) is 11.2 Å². The van der Waals surface area contributed by atoms with E-state index in [9.17, 15) is 4.79 Å². The van der Waals surface area contributed by atoms with Gasteiger partial charge in [0.15, 0.2) is 0 Å². The van der Waals surface area contributed by atoms with Crippen LogP contribution in [-0.2, 0) is 0 Å². The third-order valence-corrected chi connectivity index (χ3v) is 4.81. The fourth-order valence-electron chi connectivity index (χ4n) is 2.27. The van der Waals surface area contributed by atoms with Gasteiger partial charge in [-0.1, -0.05) is 34.5 Å². The number of halogens is 2. The number of benzene rings is 2. The van der Waals surface area contributed by atoms with Crippen LogP contribution in [0.4, 0.5) is 5.13 Å². The van der Waals surface area contributed by atoms with E-state index in [0.29, 0.717) is 31.7 Å². The average Bonchev–Trinajstić information content (AvgIpc) is 2.96. The second-order valence-corrected chi connectivity index (χ2v) is 6.91. The second kappa shape index (κ2) is 6.02. The zero-order valence-electron chi connectivity index (χ0n) is 12.0. The third-order valence-electron chi connectivity index (χ3n) is 3.41. The molecule has 0 fully saturated rings. The SMILES string of the molecule is O=c1c(/C=N/c2nc3ccc(Cl)cc3s2)coc2ccc(Cl)cc12. The van der Waals surface area contributed by atoms with E-state index < -0.39 is 0 Å². The summed E-state index contributed by atoms with van der Waals surface area (Å²) in [6.07, 6.45) is 2.83. The summed E-state index contributed by atoms with van der Waals surface area (Å²) in [5.41, 5.74) is 1.44. The summed E-state index contributed by atoms with van der Waals surface area (Å²) in [5.74, 6) is 0. The Kier molecular flexibility index (Phi) is 3.84. The highest BCUT2D eigenvalue weighted by Gasteiger charge is 2.07. The minimum absolute atomic E-state index is 0.188. The van der Waals surface area contributed by atoms with Crippen molar-refractivity contribution in [3.63, 3.8) is 0 Å². The number of rotatable bonds is 2. The minimum atomic E-state index is -0.188. The predicted molar refractivity (Wildman–Crippen MR) is 99.4 cm³/mol. The van der Waals surface area contributed by atoms with E-state index in [2.05, 4.69) is 9.98 Å². The Balaban J connectivity index is 1.76. The van der Waals surface area contributed by atoms with Crippen LogP contribution < -0.4 is 5.43 Å². The van der Waals surface area contributed by atoms with Gasteiger partial charge in [-0.05, 0) is 36.4 Å². The number of aliphatic imine (C=N–C) groups is 1. The van der Waals surface area contributed by atoms with Crippen LogP contribution >= 0.6 is 34.5 Å². The molecule has 0 unspecified atom stereocenters. The van der Waals surface area contributed by atoms with E-state index in [1.165, 1.54) is 23.8 Å². The number of nitrogens with zero attached hydrogens (tertiary/aromatic N) is 2. The van der Waals surface area contributed by atoms with Crippen molar-refractivity contribution in [1.82, 2.24) is 4.98 Å². The lowest BCUT2D eigenvalue weighted by molar-refractivity contribution is 0.601. The Hall–Kier alpha value is -2.21. The van der Waals surface area contributed by atoms with Crippen LogP contribution in [0.1, 0.15) is 5.56 Å². The largest absolute Gasteiger partial charge is 0.463 e. The molecule has 0 saturated heterocycles. The van der Waals surface area contributed by atoms with E-state index in [1.807, 2.05) is 12.1 Å². The summed E-state index contributed by atoms with van der Waals surface area (Å²) in [4.78, 5) is 21.1. The number of aromatic nitrogens is 1. The van der Waals surface area contributed by atoms with Crippen LogP contribution in [0.2, 0.25) is 10.0 Å². The van der Waals surface area contributed by atoms with Crippen molar-refractivity contribution in [3.8, 4) is 0 Å². The zero-order valence-corrected chi connectivity index (χ0v) is 14.3. The summed E-state index contributed by atoms with van der Waals surface area (Å²) in [6, 6.07) is 10.4. The minimum Gasteiger partial charge on any atom is -0.463 e. The van der Waals surface area contributed by atoms with Gasteiger partial charge in [0, 0.05) is 16.3 Å². The van der Waals surface area contributed by atoms with Crippen molar-refractivity contribution in [2.75, 3.05) is 0 Å².